The number of amides is 3. The Kier molecular flexibility index (Phi) is 12.9. The van der Waals surface area contributed by atoms with Crippen LogP contribution in [0.5, 0.6) is 5.75 Å². The van der Waals surface area contributed by atoms with Gasteiger partial charge in [-0.2, -0.15) is 0 Å². The third-order valence-corrected chi connectivity index (χ3v) is 5.01. The summed E-state index contributed by atoms with van der Waals surface area (Å²) in [7, 11) is 0. The standard InChI is InChI=1S/C22H33N7O8/c23-14(7-8-17(31)32)19(35)28-15(2-1-9-26-22(24)25)21(37)29-16(20(36)27-11-18(33)34)10-12-3-5-13(30)6-4-12/h3-6,14-16,30H,1-2,7-11,23H2,(H,27,36)(H,28,35)(H,29,37)(H,31,32)(H,33,34)(H4,24,25,26). The fourth-order valence-corrected chi connectivity index (χ4v) is 3.10. The molecular weight excluding hydrogens is 490 g/mol. The number of nitrogens with two attached hydrogens (primary N) is 3. The summed E-state index contributed by atoms with van der Waals surface area (Å²) in [4.78, 5) is 63.7. The fraction of sp³-hybridized carbons (Fsp3) is 0.455. The molecule has 15 nitrogen and oxygen atoms in total. The second-order valence-corrected chi connectivity index (χ2v) is 8.09. The van der Waals surface area contributed by atoms with E-state index in [0.29, 0.717) is 5.56 Å². The normalized spacial score (nSPS) is 12.9. The molecule has 0 saturated heterocycles. The number of phenolic OH excluding ortho intramolecular Hbond substituents is 1. The van der Waals surface area contributed by atoms with Gasteiger partial charge in [0.25, 0.3) is 0 Å². The zero-order valence-electron chi connectivity index (χ0n) is 20.1. The van der Waals surface area contributed by atoms with E-state index in [1.807, 2.05) is 0 Å². The minimum Gasteiger partial charge on any atom is -0.508 e. The number of carboxylic acid groups (broad SMARTS) is 2. The molecule has 0 aromatic heterocycles. The molecular formula is C22H33N7O8. The van der Waals surface area contributed by atoms with Gasteiger partial charge in [0, 0.05) is 19.4 Å². The number of guanidine groups is 1. The van der Waals surface area contributed by atoms with E-state index in [1.54, 1.807) is 0 Å². The molecule has 204 valence electrons. The number of carbonyl (C=O) groups is 5. The zero-order chi connectivity index (χ0) is 28.0. The van der Waals surface area contributed by atoms with Crippen molar-refractivity contribution in [3.8, 4) is 5.75 Å². The lowest BCUT2D eigenvalue weighted by atomic mass is 10.0. The molecule has 0 bridgehead atoms. The number of phenols is 1. The van der Waals surface area contributed by atoms with Crippen molar-refractivity contribution in [1.29, 1.82) is 0 Å². The highest BCUT2D eigenvalue weighted by molar-refractivity contribution is 5.93. The summed E-state index contributed by atoms with van der Waals surface area (Å²) >= 11 is 0. The molecule has 0 spiro atoms. The molecule has 0 saturated carbocycles. The summed E-state index contributed by atoms with van der Waals surface area (Å²) < 4.78 is 0. The van der Waals surface area contributed by atoms with Gasteiger partial charge >= 0.3 is 11.9 Å². The summed E-state index contributed by atoms with van der Waals surface area (Å²) in [6, 6.07) is 2.20. The van der Waals surface area contributed by atoms with Gasteiger partial charge in [0.05, 0.1) is 6.04 Å². The molecule has 0 aliphatic heterocycles. The average Bonchev–Trinajstić information content (AvgIpc) is 2.83. The van der Waals surface area contributed by atoms with Crippen LogP contribution >= 0.6 is 0 Å². The van der Waals surface area contributed by atoms with Crippen LogP contribution in [0, 0.1) is 0 Å². The maximum Gasteiger partial charge on any atom is 0.322 e. The summed E-state index contributed by atoms with van der Waals surface area (Å²) in [5.41, 5.74) is 16.9. The number of benzene rings is 1. The molecule has 3 unspecified atom stereocenters. The summed E-state index contributed by atoms with van der Waals surface area (Å²) in [6.07, 6.45) is -0.264. The molecule has 1 rings (SSSR count). The first-order chi connectivity index (χ1) is 17.4. The minimum absolute atomic E-state index is 0.0116. The number of carboxylic acids is 2. The molecule has 0 aliphatic carbocycles. The van der Waals surface area contributed by atoms with Crippen molar-refractivity contribution < 1.29 is 39.3 Å². The molecule has 0 heterocycles. The van der Waals surface area contributed by atoms with Crippen molar-refractivity contribution in [1.82, 2.24) is 16.0 Å². The quantitative estimate of drug-likeness (QED) is 0.0613. The van der Waals surface area contributed by atoms with Crippen LogP contribution in [0.25, 0.3) is 0 Å². The molecule has 3 atom stereocenters. The Morgan fingerprint density at radius 3 is 2.05 bits per heavy atom. The van der Waals surface area contributed by atoms with E-state index in [0.717, 1.165) is 0 Å². The highest BCUT2D eigenvalue weighted by Gasteiger charge is 2.28. The predicted molar refractivity (Wildman–Crippen MR) is 131 cm³/mol. The number of aliphatic imine (C=N–C) groups is 1. The maximum atomic E-state index is 13.1. The van der Waals surface area contributed by atoms with Crippen molar-refractivity contribution in [2.24, 2.45) is 22.2 Å². The Bertz CT molecular complexity index is 980. The lowest BCUT2D eigenvalue weighted by Crippen LogP contribution is -2.56. The van der Waals surface area contributed by atoms with E-state index in [9.17, 15) is 29.1 Å². The molecule has 1 aromatic rings. The summed E-state index contributed by atoms with van der Waals surface area (Å²) in [5, 5.41) is 34.3. The maximum absolute atomic E-state index is 13.1. The van der Waals surface area contributed by atoms with Gasteiger partial charge < -0.3 is 48.5 Å². The van der Waals surface area contributed by atoms with Crippen LogP contribution < -0.4 is 33.2 Å². The molecule has 3 amide bonds. The van der Waals surface area contributed by atoms with E-state index in [2.05, 4.69) is 20.9 Å². The lowest BCUT2D eigenvalue weighted by Gasteiger charge is -2.24. The van der Waals surface area contributed by atoms with Crippen LogP contribution in [-0.2, 0) is 30.4 Å². The summed E-state index contributed by atoms with van der Waals surface area (Å²) in [6.45, 7) is -0.541. The van der Waals surface area contributed by atoms with E-state index in [-0.39, 0.29) is 50.4 Å². The first-order valence-corrected chi connectivity index (χ1v) is 11.3. The largest absolute Gasteiger partial charge is 0.508 e. The van der Waals surface area contributed by atoms with E-state index in [4.69, 9.17) is 27.4 Å². The van der Waals surface area contributed by atoms with Gasteiger partial charge in [-0.3, -0.25) is 29.0 Å². The second-order valence-electron chi connectivity index (χ2n) is 8.09. The molecule has 0 fully saturated rings. The molecule has 0 radical (unpaired) electrons. The summed E-state index contributed by atoms with van der Waals surface area (Å²) in [5.74, 6) is -4.92. The molecule has 1 aromatic carbocycles. The monoisotopic (exact) mass is 523 g/mol. The Morgan fingerprint density at radius 2 is 1.49 bits per heavy atom. The number of hydrogen-bond donors (Lipinski definition) is 9. The highest BCUT2D eigenvalue weighted by atomic mass is 16.4. The van der Waals surface area contributed by atoms with Gasteiger partial charge in [-0.05, 0) is 37.0 Å². The number of aromatic hydroxyl groups is 1. The zero-order valence-corrected chi connectivity index (χ0v) is 20.1. The Morgan fingerprint density at radius 1 is 0.865 bits per heavy atom. The van der Waals surface area contributed by atoms with E-state index < -0.39 is 54.3 Å². The van der Waals surface area contributed by atoms with Crippen molar-refractivity contribution in [2.75, 3.05) is 13.1 Å². The van der Waals surface area contributed by atoms with Gasteiger partial charge in [-0.25, -0.2) is 0 Å². The first-order valence-electron chi connectivity index (χ1n) is 11.3. The topological polar surface area (TPSA) is 273 Å². The van der Waals surface area contributed by atoms with Gasteiger partial charge in [-0.1, -0.05) is 12.1 Å². The van der Waals surface area contributed by atoms with Crippen LogP contribution in [-0.4, -0.2) is 82.2 Å². The van der Waals surface area contributed by atoms with Crippen molar-refractivity contribution in [3.63, 3.8) is 0 Å². The van der Waals surface area contributed by atoms with Crippen molar-refractivity contribution in [3.05, 3.63) is 29.8 Å². The van der Waals surface area contributed by atoms with Crippen molar-refractivity contribution >= 4 is 35.6 Å². The number of aliphatic carboxylic acids is 2. The smallest absolute Gasteiger partial charge is 0.322 e. The van der Waals surface area contributed by atoms with E-state index in [1.165, 1.54) is 24.3 Å². The number of nitrogens with one attached hydrogen (secondary N) is 3. The second kappa shape index (κ2) is 15.6. The number of rotatable bonds is 16. The van der Waals surface area contributed by atoms with Crippen molar-refractivity contribution in [2.45, 2.75) is 50.2 Å². The average molecular weight is 524 g/mol. The van der Waals surface area contributed by atoms with Crippen LogP contribution in [0.2, 0.25) is 0 Å². The lowest BCUT2D eigenvalue weighted by molar-refractivity contribution is -0.139. The van der Waals surface area contributed by atoms with Gasteiger partial charge in [0.1, 0.15) is 24.4 Å². The molecule has 15 heteroatoms. The minimum atomic E-state index is -1.29. The van der Waals surface area contributed by atoms with Gasteiger partial charge in [0.2, 0.25) is 17.7 Å². The first kappa shape index (κ1) is 30.6. The number of carbonyl (C=O) groups excluding carboxylic acids is 3. The Balaban J connectivity index is 3.04. The van der Waals surface area contributed by atoms with E-state index >= 15 is 0 Å². The molecule has 37 heavy (non-hydrogen) atoms. The molecule has 0 aliphatic rings. The number of hydrogen-bond acceptors (Lipinski definition) is 8. The fourth-order valence-electron chi connectivity index (χ4n) is 3.10. The van der Waals surface area contributed by atoms with Gasteiger partial charge in [-0.15, -0.1) is 0 Å². The Hall–Kier alpha value is -4.40. The Labute approximate surface area is 212 Å². The number of nitrogens with zero attached hydrogens (tertiary/aromatic N) is 1. The molecule has 12 N–H and O–H groups in total. The highest BCUT2D eigenvalue weighted by Crippen LogP contribution is 2.12. The van der Waals surface area contributed by atoms with Gasteiger partial charge in [0.15, 0.2) is 5.96 Å². The predicted octanol–water partition coefficient (Wildman–Crippen LogP) is -2.65. The third kappa shape index (κ3) is 12.7. The van der Waals surface area contributed by atoms with Crippen LogP contribution in [0.4, 0.5) is 0 Å². The van der Waals surface area contributed by atoms with Crippen LogP contribution in [0.15, 0.2) is 29.3 Å². The van der Waals surface area contributed by atoms with Crippen LogP contribution in [0.3, 0.4) is 0 Å². The SMILES string of the molecule is NC(N)=NCCCC(NC(=O)C(N)CCC(=O)O)C(=O)NC(Cc1ccc(O)cc1)C(=O)NCC(=O)O. The van der Waals surface area contributed by atoms with Crippen LogP contribution in [0.1, 0.15) is 31.2 Å². The third-order valence-electron chi connectivity index (χ3n) is 5.01.